The maximum absolute atomic E-state index is 12.0. The summed E-state index contributed by atoms with van der Waals surface area (Å²) in [5, 5.41) is 0. The van der Waals surface area contributed by atoms with Gasteiger partial charge in [-0.3, -0.25) is 0 Å². The molecule has 2 rings (SSSR count). The topological polar surface area (TPSA) is 60.6 Å². The molecule has 0 saturated carbocycles. The molecule has 0 atom stereocenters. The molecule has 5 nitrogen and oxygen atoms in total. The average molecular weight is 325 g/mol. The second kappa shape index (κ2) is 6.73. The zero-order chi connectivity index (χ0) is 15.4. The number of carbonyl (C=O) groups is 1. The molecular weight excluding hydrogens is 310 g/mol. The lowest BCUT2D eigenvalue weighted by atomic mass is 10.1. The van der Waals surface area contributed by atoms with Crippen LogP contribution in [0.25, 0.3) is 10.4 Å². The molecule has 0 saturated heterocycles. The summed E-state index contributed by atoms with van der Waals surface area (Å²) >= 11 is 6.44. The molecule has 0 amide bonds. The Bertz CT molecular complexity index is 705. The number of hydrogen-bond donors (Lipinski definition) is 1. The SMILES string of the molecule is CCOC(=O)c1[nH]c(=S)sc1-c1ccc(OC)cc1OC. The molecule has 21 heavy (non-hydrogen) atoms. The number of ether oxygens (including phenoxy) is 3. The minimum atomic E-state index is -0.433. The number of esters is 1. The van der Waals surface area contributed by atoms with Crippen molar-refractivity contribution in [1.29, 1.82) is 0 Å². The van der Waals surface area contributed by atoms with Gasteiger partial charge in [-0.1, -0.05) is 0 Å². The fraction of sp³-hybridized carbons (Fsp3) is 0.286. The maximum atomic E-state index is 12.0. The Labute approximate surface area is 131 Å². The van der Waals surface area contributed by atoms with Crippen LogP contribution in [-0.2, 0) is 4.74 Å². The Morgan fingerprint density at radius 3 is 2.71 bits per heavy atom. The lowest BCUT2D eigenvalue weighted by Gasteiger charge is -2.10. The number of benzene rings is 1. The Morgan fingerprint density at radius 1 is 1.33 bits per heavy atom. The quantitative estimate of drug-likeness (QED) is 0.671. The summed E-state index contributed by atoms with van der Waals surface area (Å²) in [6.07, 6.45) is 0. The molecule has 0 aliphatic rings. The van der Waals surface area contributed by atoms with Gasteiger partial charge in [-0.05, 0) is 31.3 Å². The van der Waals surface area contributed by atoms with Crippen LogP contribution in [0.3, 0.4) is 0 Å². The van der Waals surface area contributed by atoms with Crippen LogP contribution in [0.2, 0.25) is 0 Å². The number of hydrogen-bond acceptors (Lipinski definition) is 6. The molecule has 0 bridgehead atoms. The van der Waals surface area contributed by atoms with Crippen LogP contribution < -0.4 is 9.47 Å². The van der Waals surface area contributed by atoms with Crippen LogP contribution in [0, 0.1) is 3.95 Å². The normalized spacial score (nSPS) is 10.2. The smallest absolute Gasteiger partial charge is 0.356 e. The lowest BCUT2D eigenvalue weighted by Crippen LogP contribution is -2.06. The number of H-pyrrole nitrogens is 1. The predicted molar refractivity (Wildman–Crippen MR) is 84.0 cm³/mol. The molecule has 1 aromatic carbocycles. The number of aromatic nitrogens is 1. The van der Waals surface area contributed by atoms with E-state index in [0.29, 0.717) is 32.6 Å². The van der Waals surface area contributed by atoms with Gasteiger partial charge in [0.15, 0.2) is 3.95 Å². The van der Waals surface area contributed by atoms with E-state index in [-0.39, 0.29) is 0 Å². The third-order valence-electron chi connectivity index (χ3n) is 2.78. The lowest BCUT2D eigenvalue weighted by molar-refractivity contribution is 0.0521. The summed E-state index contributed by atoms with van der Waals surface area (Å²) in [7, 11) is 3.15. The van der Waals surface area contributed by atoms with E-state index in [1.54, 1.807) is 33.3 Å². The minimum Gasteiger partial charge on any atom is -0.497 e. The highest BCUT2D eigenvalue weighted by Crippen LogP contribution is 2.38. The second-order valence-electron chi connectivity index (χ2n) is 4.01. The minimum absolute atomic E-state index is 0.300. The number of carbonyl (C=O) groups excluding carboxylic acids is 1. The van der Waals surface area contributed by atoms with Crippen LogP contribution in [0.4, 0.5) is 0 Å². The molecule has 1 heterocycles. The van der Waals surface area contributed by atoms with Gasteiger partial charge in [0, 0.05) is 11.6 Å². The predicted octanol–water partition coefficient (Wildman–Crippen LogP) is 3.67. The summed E-state index contributed by atoms with van der Waals surface area (Å²) in [5.41, 5.74) is 1.11. The number of thiazole rings is 1. The van der Waals surface area contributed by atoms with Gasteiger partial charge in [-0.15, -0.1) is 11.3 Å². The molecule has 112 valence electrons. The summed E-state index contributed by atoms with van der Waals surface area (Å²) in [6.45, 7) is 2.06. The van der Waals surface area contributed by atoms with Crippen molar-refractivity contribution in [2.45, 2.75) is 6.92 Å². The Balaban J connectivity index is 2.56. The first-order valence-corrected chi connectivity index (χ1v) is 7.45. The van der Waals surface area contributed by atoms with Crippen LogP contribution in [0.1, 0.15) is 17.4 Å². The van der Waals surface area contributed by atoms with Crippen LogP contribution in [0.15, 0.2) is 18.2 Å². The number of nitrogens with one attached hydrogen (secondary N) is 1. The van der Waals surface area contributed by atoms with E-state index in [9.17, 15) is 4.79 Å². The van der Waals surface area contributed by atoms with Gasteiger partial charge >= 0.3 is 5.97 Å². The van der Waals surface area contributed by atoms with Gasteiger partial charge in [0.2, 0.25) is 0 Å². The molecule has 0 unspecified atom stereocenters. The monoisotopic (exact) mass is 325 g/mol. The maximum Gasteiger partial charge on any atom is 0.356 e. The van der Waals surface area contributed by atoms with E-state index in [1.807, 2.05) is 6.07 Å². The van der Waals surface area contributed by atoms with E-state index in [1.165, 1.54) is 11.3 Å². The molecule has 0 aliphatic carbocycles. The van der Waals surface area contributed by atoms with Crippen LogP contribution >= 0.6 is 23.6 Å². The van der Waals surface area contributed by atoms with Crippen molar-refractivity contribution in [1.82, 2.24) is 4.98 Å². The Morgan fingerprint density at radius 2 is 2.10 bits per heavy atom. The van der Waals surface area contributed by atoms with Crippen LogP contribution in [-0.4, -0.2) is 31.8 Å². The molecule has 0 fully saturated rings. The average Bonchev–Trinajstić information content (AvgIpc) is 2.88. The van der Waals surface area contributed by atoms with Crippen molar-refractivity contribution in [3.8, 4) is 21.9 Å². The molecular formula is C14H15NO4S2. The fourth-order valence-corrected chi connectivity index (χ4v) is 3.06. The second-order valence-corrected chi connectivity index (χ2v) is 5.69. The molecule has 0 radical (unpaired) electrons. The number of methoxy groups -OCH3 is 2. The van der Waals surface area contributed by atoms with E-state index >= 15 is 0 Å². The van der Waals surface area contributed by atoms with Gasteiger partial charge in [0.1, 0.15) is 17.2 Å². The summed E-state index contributed by atoms with van der Waals surface area (Å²) in [5.74, 6) is 0.843. The van der Waals surface area contributed by atoms with Crippen molar-refractivity contribution in [3.63, 3.8) is 0 Å². The number of rotatable bonds is 5. The molecule has 7 heteroatoms. The van der Waals surface area contributed by atoms with E-state index < -0.39 is 5.97 Å². The highest BCUT2D eigenvalue weighted by molar-refractivity contribution is 7.73. The summed E-state index contributed by atoms with van der Waals surface area (Å²) < 4.78 is 16.1. The molecule has 1 aromatic heterocycles. The van der Waals surface area contributed by atoms with Crippen molar-refractivity contribution in [2.24, 2.45) is 0 Å². The highest BCUT2D eigenvalue weighted by atomic mass is 32.1. The highest BCUT2D eigenvalue weighted by Gasteiger charge is 2.20. The van der Waals surface area contributed by atoms with Gasteiger partial charge in [-0.25, -0.2) is 4.79 Å². The Hall–Kier alpha value is -1.86. The van der Waals surface area contributed by atoms with Gasteiger partial charge in [0.05, 0.1) is 25.7 Å². The first-order valence-electron chi connectivity index (χ1n) is 6.23. The van der Waals surface area contributed by atoms with E-state index in [0.717, 1.165) is 5.56 Å². The van der Waals surface area contributed by atoms with Crippen molar-refractivity contribution in [3.05, 3.63) is 27.8 Å². The zero-order valence-electron chi connectivity index (χ0n) is 11.9. The zero-order valence-corrected chi connectivity index (χ0v) is 13.5. The molecule has 2 aromatic rings. The summed E-state index contributed by atoms with van der Waals surface area (Å²) in [4.78, 5) is 15.6. The summed E-state index contributed by atoms with van der Waals surface area (Å²) in [6, 6.07) is 5.39. The van der Waals surface area contributed by atoms with Crippen LogP contribution in [0.5, 0.6) is 11.5 Å². The first-order chi connectivity index (χ1) is 10.1. The molecule has 0 aliphatic heterocycles. The standard InChI is InChI=1S/C14H15NO4S2/c1-4-19-13(16)11-12(21-14(20)15-11)9-6-5-8(17-2)7-10(9)18-3/h5-7H,4H2,1-3H3,(H,15,20). The van der Waals surface area contributed by atoms with E-state index in [2.05, 4.69) is 4.98 Å². The number of aromatic amines is 1. The van der Waals surface area contributed by atoms with E-state index in [4.69, 9.17) is 26.4 Å². The van der Waals surface area contributed by atoms with Gasteiger partial charge < -0.3 is 19.2 Å². The third-order valence-corrected chi connectivity index (χ3v) is 4.05. The van der Waals surface area contributed by atoms with Gasteiger partial charge in [0.25, 0.3) is 0 Å². The van der Waals surface area contributed by atoms with Crippen molar-refractivity contribution < 1.29 is 19.0 Å². The fourth-order valence-electron chi connectivity index (χ4n) is 1.85. The van der Waals surface area contributed by atoms with Gasteiger partial charge in [-0.2, -0.15) is 0 Å². The molecule has 0 spiro atoms. The van der Waals surface area contributed by atoms with Crippen molar-refractivity contribution in [2.75, 3.05) is 20.8 Å². The largest absolute Gasteiger partial charge is 0.497 e. The Kier molecular flexibility index (Phi) is 4.98. The molecule has 1 N–H and O–H groups in total. The third kappa shape index (κ3) is 3.25. The first kappa shape index (κ1) is 15.5. The van der Waals surface area contributed by atoms with Crippen molar-refractivity contribution >= 4 is 29.5 Å².